The molecule has 1 amide bonds. The lowest BCUT2D eigenvalue weighted by Crippen LogP contribution is -2.36. The minimum atomic E-state index is -0.347. The molecule has 29 heavy (non-hydrogen) atoms. The third-order valence-electron chi connectivity index (χ3n) is 4.56. The normalized spacial score (nSPS) is 13.8. The Labute approximate surface area is 172 Å². The number of morpholine rings is 1. The molecule has 0 radical (unpaired) electrons. The van der Waals surface area contributed by atoms with E-state index in [9.17, 15) is 9.59 Å². The van der Waals surface area contributed by atoms with E-state index in [0.717, 1.165) is 11.1 Å². The van der Waals surface area contributed by atoms with Crippen LogP contribution in [0.2, 0.25) is 0 Å². The van der Waals surface area contributed by atoms with Crippen LogP contribution in [0.3, 0.4) is 0 Å². The van der Waals surface area contributed by atoms with Crippen molar-refractivity contribution in [1.82, 2.24) is 0 Å². The van der Waals surface area contributed by atoms with Crippen LogP contribution in [0.4, 0.5) is 11.6 Å². The van der Waals surface area contributed by atoms with Crippen molar-refractivity contribution in [3.63, 3.8) is 0 Å². The zero-order valence-electron chi connectivity index (χ0n) is 16.0. The quantitative estimate of drug-likeness (QED) is 0.669. The molecule has 3 aromatic rings. The maximum Gasteiger partial charge on any atom is 0.300 e. The van der Waals surface area contributed by atoms with Gasteiger partial charge in [0.05, 0.1) is 13.2 Å². The molecule has 6 nitrogen and oxygen atoms in total. The number of benzene rings is 1. The van der Waals surface area contributed by atoms with Crippen molar-refractivity contribution in [3.05, 3.63) is 45.9 Å². The number of amides is 1. The van der Waals surface area contributed by atoms with E-state index < -0.39 is 0 Å². The molecule has 1 aromatic carbocycles. The van der Waals surface area contributed by atoms with Crippen molar-refractivity contribution in [2.45, 2.75) is 13.3 Å². The van der Waals surface area contributed by atoms with Crippen LogP contribution in [-0.2, 0) is 9.53 Å². The standard InChI is InChI=1S/C22H20N2O4S/c1-2-3-7-19(26)23-16-6-4-5-15(12-16)17-14-29-22-18(25)13-20(28-21(17)22)24-8-10-27-11-9-24/h4-6,12-14H,2,8-11H2,1H3,(H,23,26). The molecule has 4 rings (SSSR count). The van der Waals surface area contributed by atoms with Gasteiger partial charge in [0.2, 0.25) is 5.43 Å². The van der Waals surface area contributed by atoms with Gasteiger partial charge in [-0.1, -0.05) is 25.0 Å². The van der Waals surface area contributed by atoms with Crippen molar-refractivity contribution in [1.29, 1.82) is 0 Å². The van der Waals surface area contributed by atoms with Crippen LogP contribution in [0.5, 0.6) is 0 Å². The Morgan fingerprint density at radius 2 is 2.10 bits per heavy atom. The Balaban J connectivity index is 1.70. The van der Waals surface area contributed by atoms with Crippen molar-refractivity contribution < 1.29 is 13.9 Å². The molecule has 1 saturated heterocycles. The summed E-state index contributed by atoms with van der Waals surface area (Å²) in [5, 5.41) is 4.69. The smallest absolute Gasteiger partial charge is 0.300 e. The highest BCUT2D eigenvalue weighted by Crippen LogP contribution is 2.35. The van der Waals surface area contributed by atoms with Crippen LogP contribution in [-0.4, -0.2) is 32.2 Å². The first kappa shape index (κ1) is 19.2. The monoisotopic (exact) mass is 408 g/mol. The first-order valence-electron chi connectivity index (χ1n) is 9.44. The number of carbonyl (C=O) groups excluding carboxylic acids is 1. The molecular formula is C22H20N2O4S. The van der Waals surface area contributed by atoms with Gasteiger partial charge in [0.15, 0.2) is 11.5 Å². The number of carbonyl (C=O) groups is 1. The van der Waals surface area contributed by atoms with E-state index in [4.69, 9.17) is 9.15 Å². The molecule has 1 N–H and O–H groups in total. The molecule has 3 heterocycles. The van der Waals surface area contributed by atoms with Crippen molar-refractivity contribution >= 4 is 39.1 Å². The highest BCUT2D eigenvalue weighted by molar-refractivity contribution is 7.17. The van der Waals surface area contributed by atoms with Gasteiger partial charge in [-0.25, -0.2) is 0 Å². The lowest BCUT2D eigenvalue weighted by atomic mass is 10.1. The lowest BCUT2D eigenvalue weighted by Gasteiger charge is -2.27. The van der Waals surface area contributed by atoms with Gasteiger partial charge in [0.25, 0.3) is 5.91 Å². The number of nitrogens with one attached hydrogen (secondary N) is 1. The van der Waals surface area contributed by atoms with Gasteiger partial charge in [-0.2, -0.15) is 0 Å². The second-order valence-corrected chi connectivity index (χ2v) is 7.43. The predicted molar refractivity (Wildman–Crippen MR) is 116 cm³/mol. The first-order chi connectivity index (χ1) is 14.2. The number of hydrogen-bond acceptors (Lipinski definition) is 6. The Bertz CT molecular complexity index is 1160. The van der Waals surface area contributed by atoms with Gasteiger partial charge in [-0.15, -0.1) is 11.3 Å². The largest absolute Gasteiger partial charge is 0.439 e. The minimum Gasteiger partial charge on any atom is -0.439 e. The zero-order valence-corrected chi connectivity index (χ0v) is 16.8. The maximum atomic E-state index is 12.6. The molecule has 0 bridgehead atoms. The van der Waals surface area contributed by atoms with Crippen molar-refractivity contribution in [2.24, 2.45) is 0 Å². The van der Waals surface area contributed by atoms with E-state index in [1.807, 2.05) is 35.4 Å². The van der Waals surface area contributed by atoms with Gasteiger partial charge in [0, 0.05) is 42.2 Å². The number of thiophene rings is 1. The minimum absolute atomic E-state index is 0.0525. The summed E-state index contributed by atoms with van der Waals surface area (Å²) in [5.74, 6) is 5.51. The van der Waals surface area contributed by atoms with Crippen molar-refractivity contribution in [3.8, 4) is 23.0 Å². The lowest BCUT2D eigenvalue weighted by molar-refractivity contribution is -0.111. The summed E-state index contributed by atoms with van der Waals surface area (Å²) in [6, 6.07) is 8.99. The number of ether oxygens (including phenoxy) is 1. The van der Waals surface area contributed by atoms with E-state index >= 15 is 0 Å². The SMILES string of the molecule is CCC#CC(=O)Nc1cccc(-c2csc3c(=O)cc(N4CCOCC4)oc23)c1. The van der Waals surface area contributed by atoms with E-state index in [2.05, 4.69) is 17.2 Å². The Kier molecular flexibility index (Phi) is 5.65. The number of nitrogens with zero attached hydrogens (tertiary/aromatic N) is 1. The zero-order chi connectivity index (χ0) is 20.2. The average Bonchev–Trinajstić information content (AvgIpc) is 3.18. The molecule has 0 atom stereocenters. The van der Waals surface area contributed by atoms with Crippen LogP contribution in [0.1, 0.15) is 13.3 Å². The summed E-state index contributed by atoms with van der Waals surface area (Å²) in [5.41, 5.74) is 2.85. The molecule has 0 unspecified atom stereocenters. The average molecular weight is 408 g/mol. The Morgan fingerprint density at radius 1 is 1.28 bits per heavy atom. The van der Waals surface area contributed by atoms with Gasteiger partial charge in [-0.3, -0.25) is 9.59 Å². The van der Waals surface area contributed by atoms with Gasteiger partial charge in [-0.05, 0) is 23.6 Å². The first-order valence-corrected chi connectivity index (χ1v) is 10.3. The molecular weight excluding hydrogens is 388 g/mol. The molecule has 0 spiro atoms. The molecule has 0 aliphatic carbocycles. The predicted octanol–water partition coefficient (Wildman–Crippen LogP) is 3.71. The molecule has 7 heteroatoms. The summed E-state index contributed by atoms with van der Waals surface area (Å²) in [6.45, 7) is 4.49. The van der Waals surface area contributed by atoms with Gasteiger partial charge < -0.3 is 19.4 Å². The Morgan fingerprint density at radius 3 is 2.90 bits per heavy atom. The molecule has 2 aromatic heterocycles. The second-order valence-electron chi connectivity index (χ2n) is 6.55. The summed E-state index contributed by atoms with van der Waals surface area (Å²) in [6.07, 6.45) is 0.624. The Hall–Kier alpha value is -3.08. The summed E-state index contributed by atoms with van der Waals surface area (Å²) in [7, 11) is 0. The third-order valence-corrected chi connectivity index (χ3v) is 5.54. The molecule has 148 valence electrons. The highest BCUT2D eigenvalue weighted by Gasteiger charge is 2.18. The number of anilines is 2. The second kappa shape index (κ2) is 8.52. The molecule has 1 fully saturated rings. The van der Waals surface area contributed by atoms with E-state index in [0.29, 0.717) is 54.6 Å². The van der Waals surface area contributed by atoms with Crippen LogP contribution in [0.15, 0.2) is 44.9 Å². The van der Waals surface area contributed by atoms with Crippen LogP contribution in [0, 0.1) is 11.8 Å². The van der Waals surface area contributed by atoms with Crippen LogP contribution < -0.4 is 15.6 Å². The van der Waals surface area contributed by atoms with Gasteiger partial charge in [0.1, 0.15) is 4.70 Å². The number of hydrogen-bond donors (Lipinski definition) is 1. The molecule has 0 saturated carbocycles. The highest BCUT2D eigenvalue weighted by atomic mass is 32.1. The van der Waals surface area contributed by atoms with Gasteiger partial charge >= 0.3 is 0 Å². The van der Waals surface area contributed by atoms with Crippen molar-refractivity contribution in [2.75, 3.05) is 36.5 Å². The van der Waals surface area contributed by atoms with E-state index in [-0.39, 0.29) is 11.3 Å². The van der Waals surface area contributed by atoms with E-state index in [1.165, 1.54) is 11.3 Å². The summed E-state index contributed by atoms with van der Waals surface area (Å²) < 4.78 is 12.1. The fourth-order valence-corrected chi connectivity index (χ4v) is 4.08. The number of rotatable bonds is 3. The fourth-order valence-electron chi connectivity index (χ4n) is 3.16. The summed E-state index contributed by atoms with van der Waals surface area (Å²) in [4.78, 5) is 26.5. The number of fused-ring (bicyclic) bond motifs is 1. The third kappa shape index (κ3) is 4.19. The molecule has 1 aliphatic rings. The van der Waals surface area contributed by atoms with Crippen LogP contribution >= 0.6 is 11.3 Å². The summed E-state index contributed by atoms with van der Waals surface area (Å²) >= 11 is 1.36. The fraction of sp³-hybridized carbons (Fsp3) is 0.273. The van der Waals surface area contributed by atoms with Crippen LogP contribution in [0.25, 0.3) is 21.4 Å². The van der Waals surface area contributed by atoms with E-state index in [1.54, 1.807) is 12.1 Å². The topological polar surface area (TPSA) is 71.8 Å². The maximum absolute atomic E-state index is 12.6. The molecule has 1 aliphatic heterocycles.